The molecule has 6 nitrogen and oxygen atoms in total. The van der Waals surface area contributed by atoms with Gasteiger partial charge in [-0.3, -0.25) is 9.97 Å². The summed E-state index contributed by atoms with van der Waals surface area (Å²) in [5.41, 5.74) is 6.78. The van der Waals surface area contributed by atoms with Gasteiger partial charge in [-0.25, -0.2) is 0 Å². The molecule has 0 saturated carbocycles. The average Bonchev–Trinajstić information content (AvgIpc) is 3.36. The highest BCUT2D eigenvalue weighted by molar-refractivity contribution is 7.80. The van der Waals surface area contributed by atoms with E-state index in [0.717, 1.165) is 23.7 Å². The Morgan fingerprint density at radius 2 is 1.83 bits per heavy atom. The molecule has 7 heteroatoms. The van der Waals surface area contributed by atoms with Gasteiger partial charge in [-0.1, -0.05) is 12.1 Å². The van der Waals surface area contributed by atoms with E-state index >= 15 is 0 Å². The number of nitrogens with zero attached hydrogens (tertiary/aromatic N) is 4. The van der Waals surface area contributed by atoms with Crippen molar-refractivity contribution in [2.75, 3.05) is 4.90 Å². The lowest BCUT2D eigenvalue weighted by atomic mass is 9.96. The highest BCUT2D eigenvalue weighted by Crippen LogP contribution is 2.43. The molecule has 0 bridgehead atoms. The van der Waals surface area contributed by atoms with Crippen molar-refractivity contribution in [1.29, 1.82) is 0 Å². The minimum Gasteiger partial charge on any atom is -0.491 e. The van der Waals surface area contributed by atoms with Crippen LogP contribution < -0.4 is 15.0 Å². The minimum absolute atomic E-state index is 0.0573. The molecular weight excluding hydrogens is 466 g/mol. The molecule has 36 heavy (non-hydrogen) atoms. The Morgan fingerprint density at radius 1 is 1.03 bits per heavy atom. The van der Waals surface area contributed by atoms with Gasteiger partial charge in [0.1, 0.15) is 5.75 Å². The van der Waals surface area contributed by atoms with Crippen molar-refractivity contribution in [3.63, 3.8) is 0 Å². The van der Waals surface area contributed by atoms with Crippen molar-refractivity contribution < 1.29 is 4.74 Å². The maximum atomic E-state index is 5.91. The van der Waals surface area contributed by atoms with Crippen LogP contribution in [0.3, 0.4) is 0 Å². The fourth-order valence-electron chi connectivity index (χ4n) is 4.95. The van der Waals surface area contributed by atoms with Crippen LogP contribution in [0, 0.1) is 13.8 Å². The molecule has 1 aliphatic heterocycles. The predicted molar refractivity (Wildman–Crippen MR) is 147 cm³/mol. The van der Waals surface area contributed by atoms with Gasteiger partial charge in [-0.2, -0.15) is 0 Å². The SMILES string of the molecule is Cc1cc([C@H]2[C@H](c3ccccn3)NC(=S)N2c2ccc(OC(C)C)cc2)c(C)n1Cc1cccnc1. The highest BCUT2D eigenvalue weighted by atomic mass is 32.1. The first-order valence-corrected chi connectivity index (χ1v) is 12.7. The van der Waals surface area contributed by atoms with Gasteiger partial charge < -0.3 is 19.5 Å². The second-order valence-corrected chi connectivity index (χ2v) is 9.82. The zero-order valence-electron chi connectivity index (χ0n) is 21.1. The third-order valence-corrected chi connectivity index (χ3v) is 6.89. The Labute approximate surface area is 218 Å². The van der Waals surface area contributed by atoms with E-state index in [-0.39, 0.29) is 18.2 Å². The van der Waals surface area contributed by atoms with Crippen LogP contribution in [-0.4, -0.2) is 25.8 Å². The fraction of sp³-hybridized carbons (Fsp3) is 0.276. The molecule has 1 aliphatic rings. The quantitative estimate of drug-likeness (QED) is 0.321. The van der Waals surface area contributed by atoms with E-state index < -0.39 is 0 Å². The molecule has 4 heterocycles. The van der Waals surface area contributed by atoms with Crippen LogP contribution in [0.1, 0.15) is 54.1 Å². The number of pyridine rings is 2. The fourth-order valence-corrected chi connectivity index (χ4v) is 5.30. The summed E-state index contributed by atoms with van der Waals surface area (Å²) < 4.78 is 8.22. The number of aromatic nitrogens is 3. The second-order valence-electron chi connectivity index (χ2n) is 9.43. The van der Waals surface area contributed by atoms with Crippen molar-refractivity contribution in [3.8, 4) is 5.75 Å². The molecule has 1 fully saturated rings. The average molecular weight is 498 g/mol. The molecule has 0 amide bonds. The Bertz CT molecular complexity index is 1340. The molecule has 0 radical (unpaired) electrons. The first kappa shape index (κ1) is 24.0. The lowest BCUT2D eigenvalue weighted by Crippen LogP contribution is -2.29. The Kier molecular flexibility index (Phi) is 6.74. The predicted octanol–water partition coefficient (Wildman–Crippen LogP) is 5.91. The van der Waals surface area contributed by atoms with Gasteiger partial charge in [0, 0.05) is 42.2 Å². The van der Waals surface area contributed by atoms with Gasteiger partial charge in [0.15, 0.2) is 5.11 Å². The van der Waals surface area contributed by atoms with E-state index in [0.29, 0.717) is 5.11 Å². The van der Waals surface area contributed by atoms with Crippen molar-refractivity contribution in [3.05, 3.63) is 107 Å². The molecule has 5 rings (SSSR count). The van der Waals surface area contributed by atoms with Gasteiger partial charge >= 0.3 is 0 Å². The smallest absolute Gasteiger partial charge is 0.174 e. The molecule has 1 saturated heterocycles. The van der Waals surface area contributed by atoms with Crippen molar-refractivity contribution in [2.24, 2.45) is 0 Å². The van der Waals surface area contributed by atoms with E-state index in [1.165, 1.54) is 22.5 Å². The number of benzene rings is 1. The summed E-state index contributed by atoms with van der Waals surface area (Å²) >= 11 is 5.91. The van der Waals surface area contributed by atoms with Crippen LogP contribution in [0.15, 0.2) is 79.3 Å². The summed E-state index contributed by atoms with van der Waals surface area (Å²) in [6.07, 6.45) is 5.69. The summed E-state index contributed by atoms with van der Waals surface area (Å²) in [4.78, 5) is 11.2. The lowest BCUT2D eigenvalue weighted by Gasteiger charge is -2.28. The van der Waals surface area contributed by atoms with E-state index in [9.17, 15) is 0 Å². The minimum atomic E-state index is -0.0855. The van der Waals surface area contributed by atoms with Gasteiger partial charge in [0.25, 0.3) is 0 Å². The number of aryl methyl sites for hydroxylation is 1. The molecule has 0 aliphatic carbocycles. The Balaban J connectivity index is 1.57. The van der Waals surface area contributed by atoms with E-state index in [4.69, 9.17) is 17.0 Å². The van der Waals surface area contributed by atoms with E-state index in [1.807, 2.05) is 62.8 Å². The molecule has 3 aromatic heterocycles. The van der Waals surface area contributed by atoms with Crippen LogP contribution >= 0.6 is 12.2 Å². The number of rotatable bonds is 7. The maximum Gasteiger partial charge on any atom is 0.174 e. The van der Waals surface area contributed by atoms with E-state index in [1.54, 1.807) is 0 Å². The van der Waals surface area contributed by atoms with Gasteiger partial charge in [-0.15, -0.1) is 0 Å². The van der Waals surface area contributed by atoms with Gasteiger partial charge in [0.05, 0.1) is 23.9 Å². The molecule has 184 valence electrons. The van der Waals surface area contributed by atoms with Crippen molar-refractivity contribution in [2.45, 2.75) is 52.4 Å². The second kappa shape index (κ2) is 10.1. The van der Waals surface area contributed by atoms with Crippen LogP contribution in [0.25, 0.3) is 0 Å². The summed E-state index contributed by atoms with van der Waals surface area (Å²) in [6.45, 7) is 9.18. The summed E-state index contributed by atoms with van der Waals surface area (Å²) in [7, 11) is 0. The summed E-state index contributed by atoms with van der Waals surface area (Å²) in [5, 5.41) is 4.25. The van der Waals surface area contributed by atoms with E-state index in [2.05, 4.69) is 68.9 Å². The Hall–Kier alpha value is -3.71. The van der Waals surface area contributed by atoms with Gasteiger partial charge in [0.2, 0.25) is 0 Å². The molecular formula is C29H31N5OS. The number of ether oxygens (including phenoxy) is 1. The number of nitrogens with one attached hydrogen (secondary N) is 1. The van der Waals surface area contributed by atoms with Crippen LogP contribution in [0.5, 0.6) is 5.75 Å². The largest absolute Gasteiger partial charge is 0.491 e. The molecule has 4 aromatic rings. The maximum absolute atomic E-state index is 5.91. The van der Waals surface area contributed by atoms with Crippen LogP contribution in [-0.2, 0) is 6.54 Å². The molecule has 2 atom stereocenters. The third kappa shape index (κ3) is 4.71. The number of hydrogen-bond acceptors (Lipinski definition) is 4. The first-order valence-electron chi connectivity index (χ1n) is 12.3. The Morgan fingerprint density at radius 3 is 2.50 bits per heavy atom. The molecule has 1 aromatic carbocycles. The molecule has 1 N–H and O–H groups in total. The number of thiocarbonyl (C=S) groups is 1. The van der Waals surface area contributed by atoms with Crippen molar-refractivity contribution >= 4 is 23.0 Å². The van der Waals surface area contributed by atoms with Crippen LogP contribution in [0.2, 0.25) is 0 Å². The standard InChI is InChI=1S/C29H31N5OS/c1-19(2)35-24-12-10-23(11-13-24)34-28(27(32-29(34)36)26-9-5-6-15-31-26)25-16-20(3)33(21(25)4)18-22-8-7-14-30-17-22/h5-17,19,27-28H,18H2,1-4H3,(H,32,36)/t27-,28-/m0/s1. The first-order chi connectivity index (χ1) is 17.4. The van der Waals surface area contributed by atoms with Gasteiger partial charge in [-0.05, 0) is 99.6 Å². The normalized spacial score (nSPS) is 17.5. The number of anilines is 1. The topological polar surface area (TPSA) is 55.2 Å². The lowest BCUT2D eigenvalue weighted by molar-refractivity contribution is 0.242. The summed E-state index contributed by atoms with van der Waals surface area (Å²) in [6, 6.07) is 20.4. The van der Waals surface area contributed by atoms with Crippen molar-refractivity contribution in [1.82, 2.24) is 19.9 Å². The summed E-state index contributed by atoms with van der Waals surface area (Å²) in [5.74, 6) is 0.847. The van der Waals surface area contributed by atoms with Crippen LogP contribution in [0.4, 0.5) is 5.69 Å². The molecule has 0 unspecified atom stereocenters. The monoisotopic (exact) mass is 497 g/mol. The third-order valence-electron chi connectivity index (χ3n) is 6.58. The zero-order valence-corrected chi connectivity index (χ0v) is 21.9. The number of hydrogen-bond donors (Lipinski definition) is 1. The zero-order chi connectivity index (χ0) is 25.2. The highest BCUT2D eigenvalue weighted by Gasteiger charge is 2.42. The molecule has 0 spiro atoms.